The zero-order valence-electron chi connectivity index (χ0n) is 8.53. The second-order valence-corrected chi connectivity index (χ2v) is 3.32. The van der Waals surface area contributed by atoms with Gasteiger partial charge in [0.05, 0.1) is 12.2 Å². The van der Waals surface area contributed by atoms with Crippen molar-refractivity contribution in [3.05, 3.63) is 48.3 Å². The summed E-state index contributed by atoms with van der Waals surface area (Å²) in [7, 11) is 0. The van der Waals surface area contributed by atoms with E-state index >= 15 is 0 Å². The molecule has 84 valence electrons. The fourth-order valence-electron chi connectivity index (χ4n) is 1.37. The largest absolute Gasteiger partial charge is 0.381 e. The maximum Gasteiger partial charge on any atom is 0.149 e. The molecule has 0 bridgehead atoms. The molecule has 0 aliphatic heterocycles. The maximum atomic E-state index is 13.2. The van der Waals surface area contributed by atoms with Gasteiger partial charge in [-0.15, -0.1) is 0 Å². The van der Waals surface area contributed by atoms with E-state index in [0.717, 1.165) is 6.07 Å². The van der Waals surface area contributed by atoms with E-state index in [0.29, 0.717) is 18.8 Å². The van der Waals surface area contributed by atoms with Gasteiger partial charge in [-0.1, -0.05) is 0 Å². The van der Waals surface area contributed by atoms with Gasteiger partial charge in [0.1, 0.15) is 11.6 Å². The van der Waals surface area contributed by atoms with Gasteiger partial charge >= 0.3 is 0 Å². The molecule has 0 unspecified atom stereocenters. The molecule has 0 saturated heterocycles. The predicted molar refractivity (Wildman–Crippen MR) is 57.1 cm³/mol. The summed E-state index contributed by atoms with van der Waals surface area (Å²) < 4.78 is 27.5. The average Bonchev–Trinajstić information content (AvgIpc) is 2.74. The van der Waals surface area contributed by atoms with Crippen LogP contribution in [0.2, 0.25) is 0 Å². The summed E-state index contributed by atoms with van der Waals surface area (Å²) in [6.07, 6.45) is 3.50. The Kier molecular flexibility index (Phi) is 3.14. The molecule has 0 radical (unpaired) electrons. The van der Waals surface area contributed by atoms with Gasteiger partial charge in [0.25, 0.3) is 0 Å². The molecule has 5 heteroatoms. The van der Waals surface area contributed by atoms with E-state index in [4.69, 9.17) is 0 Å². The topological polar surface area (TPSA) is 29.9 Å². The van der Waals surface area contributed by atoms with Crippen LogP contribution in [-0.4, -0.2) is 16.3 Å². The van der Waals surface area contributed by atoms with Crippen LogP contribution in [0.4, 0.5) is 14.5 Å². The number of aromatic nitrogens is 2. The van der Waals surface area contributed by atoms with Gasteiger partial charge in [0.2, 0.25) is 0 Å². The molecule has 1 aromatic heterocycles. The standard InChI is InChI=1S/C11H11F2N3/c12-9-2-3-11(10(13)8-9)14-5-7-16-6-1-4-15-16/h1-4,6,8,14H,5,7H2. The van der Waals surface area contributed by atoms with Crippen LogP contribution >= 0.6 is 0 Å². The Balaban J connectivity index is 1.90. The minimum Gasteiger partial charge on any atom is -0.381 e. The van der Waals surface area contributed by atoms with Gasteiger partial charge < -0.3 is 5.32 Å². The van der Waals surface area contributed by atoms with E-state index < -0.39 is 11.6 Å². The lowest BCUT2D eigenvalue weighted by molar-refractivity contribution is 0.582. The van der Waals surface area contributed by atoms with E-state index in [1.807, 2.05) is 12.3 Å². The fourth-order valence-corrected chi connectivity index (χ4v) is 1.37. The second kappa shape index (κ2) is 4.74. The van der Waals surface area contributed by atoms with Crippen LogP contribution in [-0.2, 0) is 6.54 Å². The number of halogens is 2. The Labute approximate surface area is 91.7 Å². The van der Waals surface area contributed by atoms with E-state index in [1.165, 1.54) is 12.1 Å². The molecule has 1 aromatic carbocycles. The lowest BCUT2D eigenvalue weighted by Gasteiger charge is -2.07. The number of anilines is 1. The summed E-state index contributed by atoms with van der Waals surface area (Å²) in [4.78, 5) is 0. The number of nitrogens with zero attached hydrogens (tertiary/aromatic N) is 2. The van der Waals surface area contributed by atoms with Gasteiger partial charge in [-0.3, -0.25) is 4.68 Å². The molecule has 1 N–H and O–H groups in total. The van der Waals surface area contributed by atoms with Crippen molar-refractivity contribution < 1.29 is 8.78 Å². The molecule has 0 fully saturated rings. The van der Waals surface area contributed by atoms with E-state index in [1.54, 1.807) is 10.9 Å². The quantitative estimate of drug-likeness (QED) is 0.861. The number of hydrogen-bond donors (Lipinski definition) is 1. The lowest BCUT2D eigenvalue weighted by Crippen LogP contribution is -2.11. The SMILES string of the molecule is Fc1ccc(NCCn2cccn2)c(F)c1. The second-order valence-electron chi connectivity index (χ2n) is 3.32. The normalized spacial score (nSPS) is 10.4. The lowest BCUT2D eigenvalue weighted by atomic mass is 10.3. The Hall–Kier alpha value is -1.91. The summed E-state index contributed by atoms with van der Waals surface area (Å²) in [6, 6.07) is 5.28. The van der Waals surface area contributed by atoms with Crippen molar-refractivity contribution in [3.63, 3.8) is 0 Å². The molecule has 0 amide bonds. The van der Waals surface area contributed by atoms with Gasteiger partial charge in [0.15, 0.2) is 0 Å². The van der Waals surface area contributed by atoms with E-state index in [2.05, 4.69) is 10.4 Å². The number of rotatable bonds is 4. The molecule has 16 heavy (non-hydrogen) atoms. The highest BCUT2D eigenvalue weighted by Gasteiger charge is 2.02. The van der Waals surface area contributed by atoms with E-state index in [-0.39, 0.29) is 0 Å². The van der Waals surface area contributed by atoms with Crippen molar-refractivity contribution in [2.75, 3.05) is 11.9 Å². The highest BCUT2D eigenvalue weighted by molar-refractivity contribution is 5.44. The van der Waals surface area contributed by atoms with Crippen LogP contribution in [0, 0.1) is 11.6 Å². The highest BCUT2D eigenvalue weighted by Crippen LogP contribution is 2.14. The van der Waals surface area contributed by atoms with Gasteiger partial charge in [-0.2, -0.15) is 5.10 Å². The number of hydrogen-bond acceptors (Lipinski definition) is 2. The Morgan fingerprint density at radius 1 is 1.31 bits per heavy atom. The molecule has 0 aliphatic rings. The zero-order chi connectivity index (χ0) is 11.4. The van der Waals surface area contributed by atoms with Crippen LogP contribution in [0.15, 0.2) is 36.7 Å². The Bertz CT molecular complexity index is 454. The van der Waals surface area contributed by atoms with Crippen molar-refractivity contribution in [3.8, 4) is 0 Å². The highest BCUT2D eigenvalue weighted by atomic mass is 19.1. The van der Waals surface area contributed by atoms with Gasteiger partial charge in [-0.25, -0.2) is 8.78 Å². The minimum atomic E-state index is -0.583. The monoisotopic (exact) mass is 223 g/mol. The predicted octanol–water partition coefficient (Wildman–Crippen LogP) is 2.27. The summed E-state index contributed by atoms with van der Waals surface area (Å²) in [5, 5.41) is 6.88. The molecule has 0 atom stereocenters. The summed E-state index contributed by atoms with van der Waals surface area (Å²) in [5.74, 6) is -1.16. The summed E-state index contributed by atoms with van der Waals surface area (Å²) >= 11 is 0. The third kappa shape index (κ3) is 2.56. The zero-order valence-corrected chi connectivity index (χ0v) is 8.53. The molecule has 3 nitrogen and oxygen atoms in total. The Morgan fingerprint density at radius 3 is 2.88 bits per heavy atom. The summed E-state index contributed by atoms with van der Waals surface area (Å²) in [6.45, 7) is 1.16. The van der Waals surface area contributed by atoms with Crippen LogP contribution in [0.3, 0.4) is 0 Å². The fraction of sp³-hybridized carbons (Fsp3) is 0.182. The first-order valence-corrected chi connectivity index (χ1v) is 4.92. The first-order valence-electron chi connectivity index (χ1n) is 4.92. The molecular formula is C11H11F2N3. The van der Waals surface area contributed by atoms with E-state index in [9.17, 15) is 8.78 Å². The molecule has 1 heterocycles. The molecule has 2 rings (SSSR count). The maximum absolute atomic E-state index is 13.2. The first kappa shape index (κ1) is 10.6. The summed E-state index contributed by atoms with van der Waals surface area (Å²) in [5.41, 5.74) is 0.300. The van der Waals surface area contributed by atoms with Crippen LogP contribution in [0.5, 0.6) is 0 Å². The molecule has 0 saturated carbocycles. The van der Waals surface area contributed by atoms with Crippen molar-refractivity contribution in [1.82, 2.24) is 9.78 Å². The van der Waals surface area contributed by atoms with Crippen LogP contribution < -0.4 is 5.32 Å². The van der Waals surface area contributed by atoms with Crippen molar-refractivity contribution in [2.45, 2.75) is 6.54 Å². The van der Waals surface area contributed by atoms with Gasteiger partial charge in [-0.05, 0) is 18.2 Å². The Morgan fingerprint density at radius 2 is 2.19 bits per heavy atom. The number of nitrogens with one attached hydrogen (secondary N) is 1. The van der Waals surface area contributed by atoms with Crippen LogP contribution in [0.1, 0.15) is 0 Å². The molecular weight excluding hydrogens is 212 g/mol. The smallest absolute Gasteiger partial charge is 0.149 e. The first-order chi connectivity index (χ1) is 7.75. The third-order valence-electron chi connectivity index (χ3n) is 2.15. The van der Waals surface area contributed by atoms with Crippen LogP contribution in [0.25, 0.3) is 0 Å². The minimum absolute atomic E-state index is 0.300. The molecule has 2 aromatic rings. The molecule has 0 spiro atoms. The average molecular weight is 223 g/mol. The molecule has 0 aliphatic carbocycles. The number of benzene rings is 1. The van der Waals surface area contributed by atoms with Crippen molar-refractivity contribution in [2.24, 2.45) is 0 Å². The van der Waals surface area contributed by atoms with Crippen molar-refractivity contribution in [1.29, 1.82) is 0 Å². The van der Waals surface area contributed by atoms with Crippen molar-refractivity contribution >= 4 is 5.69 Å². The third-order valence-corrected chi connectivity index (χ3v) is 2.15. The van der Waals surface area contributed by atoms with Gasteiger partial charge in [0, 0.05) is 25.0 Å².